The van der Waals surface area contributed by atoms with Crippen LogP contribution >= 0.6 is 0 Å². The summed E-state index contributed by atoms with van der Waals surface area (Å²) in [4.78, 5) is 11.1. The van der Waals surface area contributed by atoms with E-state index in [-0.39, 0.29) is 0 Å². The highest BCUT2D eigenvalue weighted by molar-refractivity contribution is 5.29. The van der Waals surface area contributed by atoms with Gasteiger partial charge in [-0.15, -0.1) is 0 Å². The third-order valence-corrected chi connectivity index (χ3v) is 3.41. The maximum atomic E-state index is 4.52. The minimum absolute atomic E-state index is 0.644. The summed E-state index contributed by atoms with van der Waals surface area (Å²) in [7, 11) is 2.15. The van der Waals surface area contributed by atoms with Crippen molar-refractivity contribution in [2.45, 2.75) is 25.4 Å². The van der Waals surface area contributed by atoms with Crippen LogP contribution in [0.5, 0.6) is 0 Å². The summed E-state index contributed by atoms with van der Waals surface area (Å²) in [6.07, 6.45) is 8.41. The second kappa shape index (κ2) is 5.04. The molecule has 2 aromatic rings. The molecule has 1 N–H and O–H groups in total. The highest BCUT2D eigenvalue weighted by atomic mass is 15.2. The molecular formula is C13H19N5. The molecule has 0 bridgehead atoms. The fraction of sp³-hybridized carbons (Fsp3) is 0.538. The van der Waals surface area contributed by atoms with Crippen LogP contribution < -0.4 is 5.32 Å². The van der Waals surface area contributed by atoms with E-state index in [4.69, 9.17) is 0 Å². The van der Waals surface area contributed by atoms with E-state index in [0.717, 1.165) is 31.1 Å². The topological polar surface area (TPSA) is 45.5 Å². The first-order valence-electron chi connectivity index (χ1n) is 6.52. The number of aromatic nitrogens is 3. The number of fused-ring (bicyclic) bond motifs is 1. The molecule has 1 aliphatic rings. The molecule has 0 amide bonds. The van der Waals surface area contributed by atoms with Crippen LogP contribution in [-0.2, 0) is 6.54 Å². The summed E-state index contributed by atoms with van der Waals surface area (Å²) < 4.78 is 1.97. The predicted octanol–water partition coefficient (Wildman–Crippen LogP) is 0.913. The van der Waals surface area contributed by atoms with Crippen LogP contribution in [0.4, 0.5) is 0 Å². The lowest BCUT2D eigenvalue weighted by Gasteiger charge is -2.19. The molecule has 5 heteroatoms. The Morgan fingerprint density at radius 1 is 1.56 bits per heavy atom. The van der Waals surface area contributed by atoms with Crippen molar-refractivity contribution < 1.29 is 0 Å². The van der Waals surface area contributed by atoms with Gasteiger partial charge >= 0.3 is 0 Å². The van der Waals surface area contributed by atoms with E-state index in [2.05, 4.69) is 33.4 Å². The van der Waals surface area contributed by atoms with Gasteiger partial charge in [0.25, 0.3) is 0 Å². The van der Waals surface area contributed by atoms with Gasteiger partial charge in [0.2, 0.25) is 5.78 Å². The quantitative estimate of drug-likeness (QED) is 0.870. The summed E-state index contributed by atoms with van der Waals surface area (Å²) in [6.45, 7) is 3.12. The van der Waals surface area contributed by atoms with Crippen molar-refractivity contribution in [3.63, 3.8) is 0 Å². The number of nitrogens with one attached hydrogen (secondary N) is 1. The largest absolute Gasteiger partial charge is 0.313 e. The van der Waals surface area contributed by atoms with Crippen molar-refractivity contribution in [3.05, 3.63) is 30.4 Å². The fourth-order valence-electron chi connectivity index (χ4n) is 2.59. The molecule has 1 fully saturated rings. The second-order valence-electron chi connectivity index (χ2n) is 5.05. The molecule has 96 valence electrons. The van der Waals surface area contributed by atoms with Crippen molar-refractivity contribution in [1.29, 1.82) is 0 Å². The van der Waals surface area contributed by atoms with E-state index >= 15 is 0 Å². The van der Waals surface area contributed by atoms with Gasteiger partial charge in [-0.1, -0.05) is 0 Å². The third kappa shape index (κ3) is 2.52. The van der Waals surface area contributed by atoms with Crippen LogP contribution in [-0.4, -0.2) is 45.4 Å². The second-order valence-corrected chi connectivity index (χ2v) is 5.05. The van der Waals surface area contributed by atoms with E-state index in [0.29, 0.717) is 6.04 Å². The minimum atomic E-state index is 0.644. The van der Waals surface area contributed by atoms with Crippen LogP contribution in [0.25, 0.3) is 5.78 Å². The lowest BCUT2D eigenvalue weighted by atomic mass is 10.2. The zero-order valence-corrected chi connectivity index (χ0v) is 10.7. The first kappa shape index (κ1) is 11.6. The molecule has 5 nitrogen and oxygen atoms in total. The zero-order chi connectivity index (χ0) is 12.4. The van der Waals surface area contributed by atoms with Crippen LogP contribution in [0.3, 0.4) is 0 Å². The Bertz CT molecular complexity index is 482. The average Bonchev–Trinajstić information content (AvgIpc) is 2.96. The highest BCUT2D eigenvalue weighted by Crippen LogP contribution is 2.09. The molecule has 0 saturated carbocycles. The number of likely N-dealkylation sites (N-methyl/N-ethyl adjacent to an activating group) is 1. The van der Waals surface area contributed by atoms with Gasteiger partial charge in [0.15, 0.2) is 0 Å². The fourth-order valence-corrected chi connectivity index (χ4v) is 2.59. The van der Waals surface area contributed by atoms with Crippen LogP contribution in [0.1, 0.15) is 18.5 Å². The third-order valence-electron chi connectivity index (χ3n) is 3.41. The van der Waals surface area contributed by atoms with E-state index in [1.165, 1.54) is 12.8 Å². The zero-order valence-electron chi connectivity index (χ0n) is 10.7. The van der Waals surface area contributed by atoms with Gasteiger partial charge in [0.05, 0.1) is 5.69 Å². The number of hydrogen-bond acceptors (Lipinski definition) is 4. The number of imidazole rings is 1. The normalized spacial score (nSPS) is 20.0. The molecule has 1 atom stereocenters. The van der Waals surface area contributed by atoms with Gasteiger partial charge < -0.3 is 5.32 Å². The first-order valence-corrected chi connectivity index (χ1v) is 6.52. The standard InChI is InChI=1S/C13H19N5/c1-17(8-11-4-2-5-14-11)9-12-10-18-7-3-6-15-13(18)16-12/h3,6-7,10-11,14H,2,4-5,8-9H2,1H3. The molecule has 18 heavy (non-hydrogen) atoms. The molecule has 2 aromatic heterocycles. The van der Waals surface area contributed by atoms with Crippen molar-refractivity contribution in [2.75, 3.05) is 20.1 Å². The predicted molar refractivity (Wildman–Crippen MR) is 70.3 cm³/mol. The lowest BCUT2D eigenvalue weighted by Crippen LogP contribution is -2.35. The maximum Gasteiger partial charge on any atom is 0.233 e. The van der Waals surface area contributed by atoms with E-state index in [1.807, 2.05) is 16.7 Å². The Balaban J connectivity index is 1.64. The molecule has 1 aliphatic heterocycles. The van der Waals surface area contributed by atoms with Crippen LogP contribution in [0.15, 0.2) is 24.7 Å². The van der Waals surface area contributed by atoms with Gasteiger partial charge in [-0.05, 0) is 32.5 Å². The van der Waals surface area contributed by atoms with Crippen LogP contribution in [0.2, 0.25) is 0 Å². The Morgan fingerprint density at radius 3 is 3.28 bits per heavy atom. The summed E-state index contributed by atoms with van der Waals surface area (Å²) in [5.41, 5.74) is 1.08. The molecule has 3 rings (SSSR count). The van der Waals surface area contributed by atoms with E-state index in [1.54, 1.807) is 6.20 Å². The van der Waals surface area contributed by atoms with Crippen molar-refractivity contribution >= 4 is 5.78 Å². The lowest BCUT2D eigenvalue weighted by molar-refractivity contribution is 0.290. The SMILES string of the molecule is CN(Cc1cn2cccnc2n1)CC1CCCN1. The van der Waals surface area contributed by atoms with Gasteiger partial charge in [-0.3, -0.25) is 9.30 Å². The summed E-state index contributed by atoms with van der Waals surface area (Å²) >= 11 is 0. The average molecular weight is 245 g/mol. The first-order chi connectivity index (χ1) is 8.81. The monoisotopic (exact) mass is 245 g/mol. The van der Waals surface area contributed by atoms with Gasteiger partial charge in [-0.2, -0.15) is 0 Å². The number of nitrogens with zero attached hydrogens (tertiary/aromatic N) is 4. The van der Waals surface area contributed by atoms with E-state index < -0.39 is 0 Å². The maximum absolute atomic E-state index is 4.52. The Hall–Kier alpha value is -1.46. The number of rotatable bonds is 4. The summed E-state index contributed by atoms with van der Waals surface area (Å²) in [6, 6.07) is 2.56. The van der Waals surface area contributed by atoms with Crippen molar-refractivity contribution in [2.24, 2.45) is 0 Å². The highest BCUT2D eigenvalue weighted by Gasteiger charge is 2.16. The van der Waals surface area contributed by atoms with Gasteiger partial charge in [-0.25, -0.2) is 9.97 Å². The Labute approximate surface area is 107 Å². The summed E-state index contributed by atoms with van der Waals surface area (Å²) in [5.74, 6) is 0.778. The van der Waals surface area contributed by atoms with Crippen LogP contribution in [0, 0.1) is 0 Å². The molecular weight excluding hydrogens is 226 g/mol. The smallest absolute Gasteiger partial charge is 0.233 e. The Morgan fingerprint density at radius 2 is 2.50 bits per heavy atom. The molecule has 3 heterocycles. The van der Waals surface area contributed by atoms with Crippen molar-refractivity contribution in [3.8, 4) is 0 Å². The van der Waals surface area contributed by atoms with Gasteiger partial charge in [0.1, 0.15) is 0 Å². The molecule has 0 radical (unpaired) electrons. The molecule has 0 spiro atoms. The van der Waals surface area contributed by atoms with Crippen molar-refractivity contribution in [1.82, 2.24) is 24.6 Å². The molecule has 1 saturated heterocycles. The molecule has 1 unspecified atom stereocenters. The summed E-state index contributed by atoms with van der Waals surface area (Å²) in [5, 5.41) is 3.52. The Kier molecular flexibility index (Phi) is 3.25. The molecule has 0 aromatic carbocycles. The van der Waals surface area contributed by atoms with Gasteiger partial charge in [0, 0.05) is 37.7 Å². The number of hydrogen-bond donors (Lipinski definition) is 1. The minimum Gasteiger partial charge on any atom is -0.313 e. The van der Waals surface area contributed by atoms with E-state index in [9.17, 15) is 0 Å². The molecule has 0 aliphatic carbocycles.